The summed E-state index contributed by atoms with van der Waals surface area (Å²) in [4.78, 5) is 28.7. The van der Waals surface area contributed by atoms with Crippen LogP contribution in [0, 0.1) is 0 Å². The van der Waals surface area contributed by atoms with Gasteiger partial charge in [0.2, 0.25) is 11.8 Å². The Labute approximate surface area is 247 Å². The van der Waals surface area contributed by atoms with Crippen molar-refractivity contribution in [1.29, 1.82) is 0 Å². The molecule has 0 saturated heterocycles. The number of rotatable bonds is 12. The Morgan fingerprint density at radius 3 is 2.00 bits per heavy atom. The van der Waals surface area contributed by atoms with E-state index in [9.17, 15) is 18.0 Å². The standard InChI is InChI=1S/C30H35Cl2N3O4S/c1-5-22-15-17-23(18-16-22)35(40(38,39)24-11-8-7-9-12-24)20-29(36)34(28(6-2)30(37)33-21(3)4)19-25-26(31)13-10-14-27(25)32/h7-18,21,28H,5-6,19-20H2,1-4H3,(H,33,37)/t28-/m1/s1. The van der Waals surface area contributed by atoms with Gasteiger partial charge in [0, 0.05) is 28.2 Å². The minimum atomic E-state index is -4.13. The van der Waals surface area contributed by atoms with Crippen LogP contribution in [-0.4, -0.2) is 43.8 Å². The van der Waals surface area contributed by atoms with Crippen molar-refractivity contribution in [3.05, 3.63) is 94.0 Å². The molecule has 0 aliphatic carbocycles. The molecule has 214 valence electrons. The third-order valence-electron chi connectivity index (χ3n) is 6.45. The molecule has 3 aromatic carbocycles. The van der Waals surface area contributed by atoms with E-state index in [2.05, 4.69) is 5.32 Å². The van der Waals surface area contributed by atoms with Crippen LogP contribution in [0.3, 0.4) is 0 Å². The normalized spacial score (nSPS) is 12.2. The van der Waals surface area contributed by atoms with E-state index in [1.54, 1.807) is 55.5 Å². The summed E-state index contributed by atoms with van der Waals surface area (Å²) in [7, 11) is -4.13. The molecule has 0 radical (unpaired) electrons. The van der Waals surface area contributed by atoms with Crippen LogP contribution in [0.15, 0.2) is 77.7 Å². The van der Waals surface area contributed by atoms with Gasteiger partial charge in [-0.2, -0.15) is 0 Å². The molecule has 0 spiro atoms. The molecule has 3 aromatic rings. The topological polar surface area (TPSA) is 86.8 Å². The predicted octanol–water partition coefficient (Wildman–Crippen LogP) is 6.08. The number of aryl methyl sites for hydroxylation is 1. The second-order valence-corrected chi connectivity index (χ2v) is 12.3. The zero-order chi connectivity index (χ0) is 29.4. The maximum Gasteiger partial charge on any atom is 0.264 e. The fourth-order valence-electron chi connectivity index (χ4n) is 4.30. The molecule has 0 aliphatic heterocycles. The molecule has 0 fully saturated rings. The minimum absolute atomic E-state index is 0.0488. The zero-order valence-electron chi connectivity index (χ0n) is 23.1. The molecule has 0 saturated carbocycles. The van der Waals surface area contributed by atoms with E-state index in [-0.39, 0.29) is 23.4 Å². The zero-order valence-corrected chi connectivity index (χ0v) is 25.4. The SMILES string of the molecule is CCc1ccc(N(CC(=O)N(Cc2c(Cl)cccc2Cl)[C@H](CC)C(=O)NC(C)C)S(=O)(=O)c2ccccc2)cc1. The summed E-state index contributed by atoms with van der Waals surface area (Å²) in [6.45, 7) is 6.85. The third-order valence-corrected chi connectivity index (χ3v) is 8.95. The number of carbonyl (C=O) groups excluding carboxylic acids is 2. The molecular weight excluding hydrogens is 569 g/mol. The monoisotopic (exact) mass is 603 g/mol. The number of amides is 2. The van der Waals surface area contributed by atoms with Gasteiger partial charge < -0.3 is 10.2 Å². The second kappa shape index (κ2) is 14.0. The molecule has 2 amide bonds. The fourth-order valence-corrected chi connectivity index (χ4v) is 6.25. The highest BCUT2D eigenvalue weighted by Crippen LogP contribution is 2.29. The van der Waals surface area contributed by atoms with Gasteiger partial charge in [0.1, 0.15) is 12.6 Å². The van der Waals surface area contributed by atoms with E-state index >= 15 is 0 Å². The van der Waals surface area contributed by atoms with E-state index < -0.39 is 28.5 Å². The Bertz CT molecular complexity index is 1390. The van der Waals surface area contributed by atoms with E-state index in [1.807, 2.05) is 32.9 Å². The van der Waals surface area contributed by atoms with Crippen LogP contribution < -0.4 is 9.62 Å². The lowest BCUT2D eigenvalue weighted by molar-refractivity contribution is -0.140. The summed E-state index contributed by atoms with van der Waals surface area (Å²) >= 11 is 12.9. The first-order chi connectivity index (χ1) is 19.0. The van der Waals surface area contributed by atoms with Crippen molar-refractivity contribution in [2.75, 3.05) is 10.8 Å². The lowest BCUT2D eigenvalue weighted by Gasteiger charge is -2.34. The van der Waals surface area contributed by atoms with Gasteiger partial charge in [-0.15, -0.1) is 0 Å². The van der Waals surface area contributed by atoms with Crippen molar-refractivity contribution in [1.82, 2.24) is 10.2 Å². The quantitative estimate of drug-likeness (QED) is 0.272. The Hall–Kier alpha value is -3.07. The number of nitrogens with zero attached hydrogens (tertiary/aromatic N) is 2. The number of hydrogen-bond donors (Lipinski definition) is 1. The first-order valence-electron chi connectivity index (χ1n) is 13.2. The lowest BCUT2D eigenvalue weighted by atomic mass is 10.1. The summed E-state index contributed by atoms with van der Waals surface area (Å²) in [6, 6.07) is 18.9. The summed E-state index contributed by atoms with van der Waals surface area (Å²) < 4.78 is 28.8. The maximum atomic E-state index is 14.1. The number of hydrogen-bond acceptors (Lipinski definition) is 4. The van der Waals surface area contributed by atoms with Gasteiger partial charge in [-0.3, -0.25) is 13.9 Å². The molecule has 0 aromatic heterocycles. The molecule has 1 atom stereocenters. The van der Waals surface area contributed by atoms with Crippen molar-refractivity contribution in [3.8, 4) is 0 Å². The number of halogens is 2. The molecule has 7 nitrogen and oxygen atoms in total. The third kappa shape index (κ3) is 7.56. The van der Waals surface area contributed by atoms with Crippen LogP contribution in [0.1, 0.15) is 45.2 Å². The molecule has 1 N–H and O–H groups in total. The minimum Gasteiger partial charge on any atom is -0.352 e. The van der Waals surface area contributed by atoms with Gasteiger partial charge in [-0.1, -0.05) is 73.4 Å². The van der Waals surface area contributed by atoms with E-state index in [0.717, 1.165) is 16.3 Å². The van der Waals surface area contributed by atoms with Crippen LogP contribution in [0.5, 0.6) is 0 Å². The fraction of sp³-hybridized carbons (Fsp3) is 0.333. The molecule has 40 heavy (non-hydrogen) atoms. The van der Waals surface area contributed by atoms with E-state index in [1.165, 1.54) is 17.0 Å². The average Bonchev–Trinajstić information content (AvgIpc) is 2.93. The van der Waals surface area contributed by atoms with Crippen LogP contribution in [0.25, 0.3) is 0 Å². The molecule has 0 bridgehead atoms. The van der Waals surface area contributed by atoms with Crippen LogP contribution in [0.2, 0.25) is 10.0 Å². The van der Waals surface area contributed by atoms with Crippen molar-refractivity contribution >= 4 is 50.7 Å². The van der Waals surface area contributed by atoms with Crippen LogP contribution in [0.4, 0.5) is 5.69 Å². The van der Waals surface area contributed by atoms with Gasteiger partial charge in [0.25, 0.3) is 10.0 Å². The van der Waals surface area contributed by atoms with E-state index in [0.29, 0.717) is 27.7 Å². The van der Waals surface area contributed by atoms with Gasteiger partial charge in [0.05, 0.1) is 10.6 Å². The molecule has 0 heterocycles. The van der Waals surface area contributed by atoms with Gasteiger partial charge in [0.15, 0.2) is 0 Å². The Balaban J connectivity index is 2.09. The highest BCUT2D eigenvalue weighted by Gasteiger charge is 2.34. The molecule has 0 unspecified atom stereocenters. The highest BCUT2D eigenvalue weighted by atomic mass is 35.5. The molecular formula is C30H35Cl2N3O4S. The van der Waals surface area contributed by atoms with Crippen molar-refractivity contribution in [2.45, 2.75) is 64.1 Å². The second-order valence-electron chi connectivity index (χ2n) is 9.65. The maximum absolute atomic E-state index is 14.1. The lowest BCUT2D eigenvalue weighted by Crippen LogP contribution is -2.53. The Morgan fingerprint density at radius 2 is 1.48 bits per heavy atom. The first-order valence-corrected chi connectivity index (χ1v) is 15.4. The average molecular weight is 605 g/mol. The van der Waals surface area contributed by atoms with Gasteiger partial charge in [-0.05, 0) is 68.7 Å². The predicted molar refractivity (Wildman–Crippen MR) is 161 cm³/mol. The summed E-state index contributed by atoms with van der Waals surface area (Å²) in [5.74, 6) is -0.917. The van der Waals surface area contributed by atoms with Crippen LogP contribution >= 0.6 is 23.2 Å². The number of sulfonamides is 1. The first kappa shape index (κ1) is 31.5. The number of nitrogens with one attached hydrogen (secondary N) is 1. The van der Waals surface area contributed by atoms with Gasteiger partial charge in [-0.25, -0.2) is 8.42 Å². The number of benzene rings is 3. The molecule has 0 aliphatic rings. The van der Waals surface area contributed by atoms with Crippen molar-refractivity contribution < 1.29 is 18.0 Å². The number of anilines is 1. The molecule has 3 rings (SSSR count). The van der Waals surface area contributed by atoms with Crippen molar-refractivity contribution in [2.24, 2.45) is 0 Å². The van der Waals surface area contributed by atoms with Crippen LogP contribution in [-0.2, 0) is 32.6 Å². The smallest absolute Gasteiger partial charge is 0.264 e. The number of carbonyl (C=O) groups is 2. The Kier molecular flexibility index (Phi) is 11.0. The summed E-state index contributed by atoms with van der Waals surface area (Å²) in [5, 5.41) is 3.55. The summed E-state index contributed by atoms with van der Waals surface area (Å²) in [5.41, 5.74) is 1.84. The van der Waals surface area contributed by atoms with Gasteiger partial charge >= 0.3 is 0 Å². The highest BCUT2D eigenvalue weighted by molar-refractivity contribution is 7.92. The Morgan fingerprint density at radius 1 is 0.875 bits per heavy atom. The molecule has 10 heteroatoms. The van der Waals surface area contributed by atoms with E-state index in [4.69, 9.17) is 23.2 Å². The van der Waals surface area contributed by atoms with Crippen molar-refractivity contribution in [3.63, 3.8) is 0 Å². The largest absolute Gasteiger partial charge is 0.352 e. The summed E-state index contributed by atoms with van der Waals surface area (Å²) in [6.07, 6.45) is 1.07.